The van der Waals surface area contributed by atoms with Crippen LogP contribution in [-0.4, -0.2) is 93.7 Å². The Bertz CT molecular complexity index is 1470. The number of piperazine rings is 1. The van der Waals surface area contributed by atoms with Crippen LogP contribution in [0.1, 0.15) is 88.2 Å². The maximum absolute atomic E-state index is 15.6. The summed E-state index contributed by atoms with van der Waals surface area (Å²) in [5.74, 6) is -1.84. The molecule has 4 N–H and O–H groups in total. The van der Waals surface area contributed by atoms with Crippen molar-refractivity contribution in [2.24, 2.45) is 5.92 Å². The van der Waals surface area contributed by atoms with Crippen molar-refractivity contribution in [1.29, 1.82) is 0 Å². The van der Waals surface area contributed by atoms with E-state index in [1.165, 1.54) is 12.1 Å². The molecule has 12 nitrogen and oxygen atoms in total. The molecule has 0 unspecified atom stereocenters. The summed E-state index contributed by atoms with van der Waals surface area (Å²) in [6, 6.07) is 3.98. The molecule has 2 atom stereocenters. The van der Waals surface area contributed by atoms with E-state index < -0.39 is 41.3 Å². The molecule has 1 aromatic carbocycles. The van der Waals surface area contributed by atoms with Crippen molar-refractivity contribution in [2.75, 3.05) is 32.0 Å². The van der Waals surface area contributed by atoms with Crippen molar-refractivity contribution < 1.29 is 23.6 Å². The Kier molecular flexibility index (Phi) is 11.4. The highest BCUT2D eigenvalue weighted by molar-refractivity contribution is 6.00. The minimum atomic E-state index is -0.907. The molecule has 1 saturated heterocycles. The number of carbonyl (C=O) groups is 4. The number of anilines is 1. The lowest BCUT2D eigenvalue weighted by Crippen LogP contribution is -2.64. The summed E-state index contributed by atoms with van der Waals surface area (Å²) in [5.41, 5.74) is 0.399. The molecule has 1 aromatic heterocycles. The van der Waals surface area contributed by atoms with Crippen LogP contribution in [0.15, 0.2) is 30.5 Å². The minimum absolute atomic E-state index is 0.0174. The van der Waals surface area contributed by atoms with E-state index in [-0.39, 0.29) is 30.0 Å². The third-order valence-electron chi connectivity index (χ3n) is 10.1. The van der Waals surface area contributed by atoms with Gasteiger partial charge in [0.05, 0.1) is 11.2 Å². The Balaban J connectivity index is 1.30. The first-order valence-corrected chi connectivity index (χ1v) is 17.4. The van der Waals surface area contributed by atoms with Gasteiger partial charge in [0.15, 0.2) is 0 Å². The lowest BCUT2D eigenvalue weighted by atomic mass is 9.83. The molecule has 2 saturated carbocycles. The summed E-state index contributed by atoms with van der Waals surface area (Å²) in [5, 5.41) is 15.6. The van der Waals surface area contributed by atoms with E-state index in [2.05, 4.69) is 31.3 Å². The fraction of sp³-hybridized carbons (Fsp3) is 0.629. The molecule has 0 radical (unpaired) electrons. The highest BCUT2D eigenvalue weighted by atomic mass is 19.1. The number of nitrogens with zero attached hydrogens (tertiary/aromatic N) is 4. The fourth-order valence-electron chi connectivity index (χ4n) is 7.22. The second-order valence-corrected chi connectivity index (χ2v) is 14.2. The zero-order chi connectivity index (χ0) is 34.4. The highest BCUT2D eigenvalue weighted by Gasteiger charge is 2.39. The molecular formula is C35H51FN8O4. The van der Waals surface area contributed by atoms with E-state index in [4.69, 9.17) is 0 Å². The van der Waals surface area contributed by atoms with Gasteiger partial charge in [0.2, 0.25) is 11.8 Å². The lowest BCUT2D eigenvalue weighted by Gasteiger charge is -2.47. The number of likely N-dealkylation sites (N-methyl/N-ethyl adjacent to an activating group) is 1. The van der Waals surface area contributed by atoms with Crippen molar-refractivity contribution in [3.8, 4) is 0 Å². The first kappa shape index (κ1) is 35.3. The van der Waals surface area contributed by atoms with Crippen LogP contribution in [0.25, 0.3) is 0 Å². The van der Waals surface area contributed by atoms with Crippen LogP contribution in [0, 0.1) is 11.7 Å². The van der Waals surface area contributed by atoms with Gasteiger partial charge in [-0.1, -0.05) is 25.3 Å². The normalized spacial score (nSPS) is 19.9. The van der Waals surface area contributed by atoms with Gasteiger partial charge in [-0.3, -0.25) is 19.1 Å². The molecule has 13 heteroatoms. The van der Waals surface area contributed by atoms with Crippen LogP contribution in [0.5, 0.6) is 0 Å². The highest BCUT2D eigenvalue weighted by Crippen LogP contribution is 2.28. The molecule has 3 fully saturated rings. The van der Waals surface area contributed by atoms with Gasteiger partial charge in [0.25, 0.3) is 5.91 Å². The van der Waals surface area contributed by atoms with Crippen LogP contribution < -0.4 is 21.3 Å². The summed E-state index contributed by atoms with van der Waals surface area (Å²) in [4.78, 5) is 57.7. The van der Waals surface area contributed by atoms with E-state index in [0.29, 0.717) is 37.4 Å². The number of carbonyl (C=O) groups excluding carboxylic acids is 4. The molecule has 48 heavy (non-hydrogen) atoms. The third kappa shape index (κ3) is 8.53. The van der Waals surface area contributed by atoms with E-state index in [1.807, 2.05) is 27.8 Å². The number of rotatable bonds is 11. The number of hydrogen-bond acceptors (Lipinski definition) is 6. The van der Waals surface area contributed by atoms with Gasteiger partial charge in [-0.15, -0.1) is 0 Å². The number of aryl methyl sites for hydroxylation is 1. The Morgan fingerprint density at radius 1 is 1.00 bits per heavy atom. The van der Waals surface area contributed by atoms with Crippen molar-refractivity contribution in [3.63, 3.8) is 0 Å². The van der Waals surface area contributed by atoms with Crippen molar-refractivity contribution in [3.05, 3.63) is 47.5 Å². The van der Waals surface area contributed by atoms with Gasteiger partial charge in [0, 0.05) is 44.8 Å². The SMILES string of the molecule is CCn1nccc1C(=O)N[C@H](C(=O)Nc1ccc(C[C@@H](NC(=O)NC2CCC2)C(=O)N2CCN(C)CC2(C)C)cc1F)C1CCCCC1. The van der Waals surface area contributed by atoms with Gasteiger partial charge in [-0.25, -0.2) is 9.18 Å². The van der Waals surface area contributed by atoms with E-state index >= 15 is 4.39 Å². The quantitative estimate of drug-likeness (QED) is 0.289. The van der Waals surface area contributed by atoms with Crippen LogP contribution in [0.3, 0.4) is 0 Å². The third-order valence-corrected chi connectivity index (χ3v) is 10.1. The molecular weight excluding hydrogens is 615 g/mol. The number of nitrogens with one attached hydrogen (secondary N) is 4. The van der Waals surface area contributed by atoms with Crippen LogP contribution in [0.4, 0.5) is 14.9 Å². The Morgan fingerprint density at radius 3 is 2.40 bits per heavy atom. The first-order chi connectivity index (χ1) is 22.9. The summed E-state index contributed by atoms with van der Waals surface area (Å²) in [7, 11) is 2.02. The van der Waals surface area contributed by atoms with Crippen molar-refractivity contribution in [2.45, 2.75) is 109 Å². The van der Waals surface area contributed by atoms with E-state index in [9.17, 15) is 19.2 Å². The zero-order valence-corrected chi connectivity index (χ0v) is 28.7. The molecule has 2 aromatic rings. The predicted molar refractivity (Wildman–Crippen MR) is 181 cm³/mol. The average molecular weight is 667 g/mol. The molecule has 0 bridgehead atoms. The lowest BCUT2D eigenvalue weighted by molar-refractivity contribution is -0.142. The molecule has 1 aliphatic heterocycles. The summed E-state index contributed by atoms with van der Waals surface area (Å²) >= 11 is 0. The molecule has 2 heterocycles. The molecule has 5 amide bonds. The van der Waals surface area contributed by atoms with Gasteiger partial charge in [-0.05, 0) is 89.6 Å². The van der Waals surface area contributed by atoms with Crippen LogP contribution in [-0.2, 0) is 22.6 Å². The minimum Gasteiger partial charge on any atom is -0.339 e. The number of amides is 5. The van der Waals surface area contributed by atoms with Crippen LogP contribution >= 0.6 is 0 Å². The van der Waals surface area contributed by atoms with Gasteiger partial charge in [0.1, 0.15) is 23.6 Å². The number of hydrogen-bond donors (Lipinski definition) is 4. The summed E-state index contributed by atoms with van der Waals surface area (Å²) < 4.78 is 17.2. The van der Waals surface area contributed by atoms with Gasteiger partial charge >= 0.3 is 6.03 Å². The van der Waals surface area contributed by atoms with Gasteiger partial charge in [-0.2, -0.15) is 5.10 Å². The fourth-order valence-corrected chi connectivity index (χ4v) is 7.22. The Morgan fingerprint density at radius 2 is 1.75 bits per heavy atom. The average Bonchev–Trinajstić information content (AvgIpc) is 3.51. The maximum atomic E-state index is 15.6. The molecule has 5 rings (SSSR count). The zero-order valence-electron chi connectivity index (χ0n) is 28.7. The smallest absolute Gasteiger partial charge is 0.315 e. The largest absolute Gasteiger partial charge is 0.339 e. The van der Waals surface area contributed by atoms with E-state index in [1.54, 1.807) is 27.9 Å². The second kappa shape index (κ2) is 15.5. The topological polar surface area (TPSA) is 141 Å². The second-order valence-electron chi connectivity index (χ2n) is 14.2. The Hall–Kier alpha value is -4.00. The number of aromatic nitrogens is 2. The monoisotopic (exact) mass is 666 g/mol. The predicted octanol–water partition coefficient (Wildman–Crippen LogP) is 3.67. The maximum Gasteiger partial charge on any atom is 0.315 e. The molecule has 2 aliphatic carbocycles. The van der Waals surface area contributed by atoms with Crippen molar-refractivity contribution in [1.82, 2.24) is 35.5 Å². The summed E-state index contributed by atoms with van der Waals surface area (Å²) in [6.45, 7) is 8.32. The molecule has 262 valence electrons. The Labute approximate surface area is 282 Å². The first-order valence-electron chi connectivity index (χ1n) is 17.4. The number of benzene rings is 1. The van der Waals surface area contributed by atoms with E-state index in [0.717, 1.165) is 51.4 Å². The molecule has 3 aliphatic rings. The van der Waals surface area contributed by atoms with Crippen molar-refractivity contribution >= 4 is 29.4 Å². The van der Waals surface area contributed by atoms with Crippen LogP contribution in [0.2, 0.25) is 0 Å². The number of halogens is 1. The van der Waals surface area contributed by atoms with Gasteiger partial charge < -0.3 is 31.1 Å². The molecule has 0 spiro atoms. The standard InChI is InChI=1S/C35H51FN8O4/c1-5-44-29(16-17-37-44)31(45)41-30(24-10-7-6-8-11-24)32(46)39-27-15-14-23(20-26(27)36)21-28(40-34(48)38-25-12-9-13-25)33(47)43-19-18-42(4)22-35(43,2)3/h14-17,20,24-25,28,30H,5-13,18-19,21-22H2,1-4H3,(H,39,46)(H,41,45)(H2,38,40,48)/t28-,30+/m1/s1. The number of urea groups is 1. The summed E-state index contributed by atoms with van der Waals surface area (Å²) in [6.07, 6.45) is 9.06.